The van der Waals surface area contributed by atoms with Crippen LogP contribution in [-0.4, -0.2) is 19.6 Å². The number of alkyl halides is 3. The number of hydrogen-bond acceptors (Lipinski definition) is 3. The van der Waals surface area contributed by atoms with Gasteiger partial charge in [0.2, 0.25) is 0 Å². The fourth-order valence-electron chi connectivity index (χ4n) is 2.64. The van der Waals surface area contributed by atoms with Gasteiger partial charge in [-0.1, -0.05) is 12.1 Å². The van der Waals surface area contributed by atoms with E-state index in [1.165, 1.54) is 48.7 Å². The summed E-state index contributed by atoms with van der Waals surface area (Å²) in [7, 11) is 0. The van der Waals surface area contributed by atoms with Crippen LogP contribution >= 0.6 is 0 Å². The van der Waals surface area contributed by atoms with Crippen molar-refractivity contribution in [1.82, 2.24) is 19.6 Å². The summed E-state index contributed by atoms with van der Waals surface area (Å²) in [6, 6.07) is 9.43. The van der Waals surface area contributed by atoms with Gasteiger partial charge >= 0.3 is 6.18 Å². The zero-order valence-corrected chi connectivity index (χ0v) is 13.4. The lowest BCUT2D eigenvalue weighted by Gasteiger charge is -2.08. The Hall–Kier alpha value is -3.36. The molecule has 0 N–H and O–H groups in total. The molecule has 0 spiro atoms. The lowest BCUT2D eigenvalue weighted by Crippen LogP contribution is -2.11. The molecule has 4 aromatic rings. The molecular formula is C18H9F5N4. The number of imidazole rings is 1. The predicted octanol–water partition coefficient (Wildman–Crippen LogP) is 4.76. The third kappa shape index (κ3) is 3.12. The maximum atomic E-state index is 14.2. The van der Waals surface area contributed by atoms with E-state index in [1.54, 1.807) is 0 Å². The Balaban J connectivity index is 1.82. The molecule has 0 fully saturated rings. The number of hydrogen-bond donors (Lipinski definition) is 0. The van der Waals surface area contributed by atoms with E-state index in [0.717, 1.165) is 4.52 Å². The highest BCUT2D eigenvalue weighted by atomic mass is 19.4. The average Bonchev–Trinajstić information content (AvgIpc) is 3.05. The van der Waals surface area contributed by atoms with E-state index < -0.39 is 23.5 Å². The quantitative estimate of drug-likeness (QED) is 0.474. The Kier molecular flexibility index (Phi) is 3.87. The number of nitrogens with zero attached hydrogens (tertiary/aromatic N) is 4. The van der Waals surface area contributed by atoms with Crippen molar-refractivity contribution in [2.45, 2.75) is 6.18 Å². The molecule has 4 rings (SSSR count). The maximum absolute atomic E-state index is 14.2. The van der Waals surface area contributed by atoms with E-state index in [9.17, 15) is 22.0 Å². The highest BCUT2D eigenvalue weighted by Crippen LogP contribution is 2.30. The summed E-state index contributed by atoms with van der Waals surface area (Å²) in [5.41, 5.74) is 0.322. The largest absolute Gasteiger partial charge is 0.435 e. The number of benzene rings is 2. The molecule has 0 aliphatic carbocycles. The second kappa shape index (κ2) is 6.11. The van der Waals surface area contributed by atoms with Crippen molar-refractivity contribution in [2.75, 3.05) is 0 Å². The molecule has 27 heavy (non-hydrogen) atoms. The molecule has 0 atom stereocenters. The monoisotopic (exact) mass is 376 g/mol. The fraction of sp³-hybridized carbons (Fsp3) is 0.0556. The normalized spacial score (nSPS) is 11.9. The predicted molar refractivity (Wildman–Crippen MR) is 86.6 cm³/mol. The third-order valence-electron chi connectivity index (χ3n) is 3.94. The summed E-state index contributed by atoms with van der Waals surface area (Å²) in [5.74, 6) is -1.20. The fourth-order valence-corrected chi connectivity index (χ4v) is 2.64. The van der Waals surface area contributed by atoms with E-state index in [4.69, 9.17) is 0 Å². The van der Waals surface area contributed by atoms with Crippen molar-refractivity contribution in [2.24, 2.45) is 0 Å². The van der Waals surface area contributed by atoms with Gasteiger partial charge in [0.25, 0.3) is 5.78 Å². The number of fused-ring (bicyclic) bond motifs is 1. The van der Waals surface area contributed by atoms with E-state index in [0.29, 0.717) is 23.0 Å². The molecule has 0 bridgehead atoms. The average molecular weight is 376 g/mol. The topological polar surface area (TPSA) is 43.1 Å². The molecule has 0 aliphatic heterocycles. The highest BCUT2D eigenvalue weighted by molar-refractivity contribution is 5.72. The zero-order valence-electron chi connectivity index (χ0n) is 13.4. The molecule has 0 saturated carbocycles. The Bertz CT molecular complexity index is 1130. The van der Waals surface area contributed by atoms with Crippen molar-refractivity contribution in [3.05, 3.63) is 72.2 Å². The smallest absolute Gasteiger partial charge is 0.217 e. The summed E-state index contributed by atoms with van der Waals surface area (Å²) in [6.45, 7) is 0. The molecule has 2 aromatic carbocycles. The molecular weight excluding hydrogens is 367 g/mol. The van der Waals surface area contributed by atoms with Crippen LogP contribution in [0.1, 0.15) is 5.69 Å². The van der Waals surface area contributed by atoms with Crippen LogP contribution in [0.4, 0.5) is 22.0 Å². The lowest BCUT2D eigenvalue weighted by molar-refractivity contribution is -0.141. The second-order valence-corrected chi connectivity index (χ2v) is 5.70. The van der Waals surface area contributed by atoms with Gasteiger partial charge in [0.05, 0.1) is 18.1 Å². The molecule has 0 saturated heterocycles. The van der Waals surface area contributed by atoms with Crippen LogP contribution in [0.25, 0.3) is 28.2 Å². The van der Waals surface area contributed by atoms with Gasteiger partial charge in [0, 0.05) is 11.1 Å². The molecule has 4 nitrogen and oxygen atoms in total. The minimum absolute atomic E-state index is 0.210. The lowest BCUT2D eigenvalue weighted by atomic mass is 10.0. The van der Waals surface area contributed by atoms with Crippen molar-refractivity contribution in [3.63, 3.8) is 0 Å². The number of rotatable bonds is 2. The summed E-state index contributed by atoms with van der Waals surface area (Å²) < 4.78 is 66.7. The summed E-state index contributed by atoms with van der Waals surface area (Å²) in [5, 5.41) is 3.75. The maximum Gasteiger partial charge on any atom is 0.435 e. The molecule has 2 aromatic heterocycles. The van der Waals surface area contributed by atoms with Gasteiger partial charge in [-0.25, -0.2) is 18.7 Å². The van der Waals surface area contributed by atoms with Crippen molar-refractivity contribution < 1.29 is 22.0 Å². The summed E-state index contributed by atoms with van der Waals surface area (Å²) in [6.07, 6.45) is -2.73. The minimum atomic E-state index is -4.63. The molecule has 0 aliphatic rings. The van der Waals surface area contributed by atoms with Crippen LogP contribution < -0.4 is 0 Å². The van der Waals surface area contributed by atoms with E-state index in [-0.39, 0.29) is 11.3 Å². The first-order valence-corrected chi connectivity index (χ1v) is 7.67. The molecule has 2 heterocycles. The van der Waals surface area contributed by atoms with Gasteiger partial charge in [0.1, 0.15) is 11.6 Å². The van der Waals surface area contributed by atoms with Crippen LogP contribution in [0.15, 0.2) is 54.9 Å². The first kappa shape index (κ1) is 17.1. The zero-order chi connectivity index (χ0) is 19.2. The van der Waals surface area contributed by atoms with Gasteiger partial charge in [-0.05, 0) is 35.9 Å². The standard InChI is InChI=1S/C18H9F5N4/c19-12-4-1-10(2-5-12)13-7-11(3-6-14(13)20)15-8-24-17-26-16(18(21,22)23)9-25-27(15)17/h1-9H. The van der Waals surface area contributed by atoms with E-state index in [1.807, 2.05) is 0 Å². The van der Waals surface area contributed by atoms with Crippen LogP contribution in [0.3, 0.4) is 0 Å². The Labute approximate surface area is 148 Å². The molecule has 0 amide bonds. The second-order valence-electron chi connectivity index (χ2n) is 5.70. The summed E-state index contributed by atoms with van der Waals surface area (Å²) >= 11 is 0. The van der Waals surface area contributed by atoms with Crippen molar-refractivity contribution >= 4 is 5.78 Å². The van der Waals surface area contributed by atoms with Crippen molar-refractivity contribution in [3.8, 4) is 22.4 Å². The third-order valence-corrected chi connectivity index (χ3v) is 3.94. The number of aromatic nitrogens is 4. The van der Waals surface area contributed by atoms with Gasteiger partial charge in [0.15, 0.2) is 5.69 Å². The van der Waals surface area contributed by atoms with Gasteiger partial charge in [-0.2, -0.15) is 22.8 Å². The van der Waals surface area contributed by atoms with Gasteiger partial charge in [-0.3, -0.25) is 0 Å². The highest BCUT2D eigenvalue weighted by Gasteiger charge is 2.33. The Morgan fingerprint density at radius 1 is 0.852 bits per heavy atom. The molecule has 9 heteroatoms. The van der Waals surface area contributed by atoms with Crippen LogP contribution in [0.5, 0.6) is 0 Å². The Morgan fingerprint density at radius 3 is 2.26 bits per heavy atom. The van der Waals surface area contributed by atoms with Crippen molar-refractivity contribution in [1.29, 1.82) is 0 Å². The van der Waals surface area contributed by atoms with Gasteiger partial charge in [-0.15, -0.1) is 0 Å². The Morgan fingerprint density at radius 2 is 1.56 bits per heavy atom. The number of halogens is 5. The van der Waals surface area contributed by atoms with E-state index in [2.05, 4.69) is 15.1 Å². The minimum Gasteiger partial charge on any atom is -0.217 e. The first-order chi connectivity index (χ1) is 12.8. The van der Waals surface area contributed by atoms with Crippen LogP contribution in [0.2, 0.25) is 0 Å². The molecule has 0 radical (unpaired) electrons. The van der Waals surface area contributed by atoms with Crippen LogP contribution in [-0.2, 0) is 6.18 Å². The molecule has 136 valence electrons. The van der Waals surface area contributed by atoms with Crippen LogP contribution in [0, 0.1) is 11.6 Å². The van der Waals surface area contributed by atoms with E-state index >= 15 is 0 Å². The SMILES string of the molecule is Fc1ccc(-c2cc(-c3cnc4nc(C(F)(F)F)cnn34)ccc2F)cc1. The first-order valence-electron chi connectivity index (χ1n) is 7.67. The summed E-state index contributed by atoms with van der Waals surface area (Å²) in [4.78, 5) is 7.30. The van der Waals surface area contributed by atoms with Gasteiger partial charge < -0.3 is 0 Å². The molecule has 0 unspecified atom stereocenters.